The number of nitrogens with one attached hydrogen (secondary N) is 1. The van der Waals surface area contributed by atoms with Gasteiger partial charge in [0.25, 0.3) is 0 Å². The van der Waals surface area contributed by atoms with E-state index in [1.807, 2.05) is 0 Å². The van der Waals surface area contributed by atoms with Gasteiger partial charge in [-0.25, -0.2) is 0 Å². The molecule has 0 saturated carbocycles. The fraction of sp³-hybridized carbons (Fsp3) is 0.455. The summed E-state index contributed by atoms with van der Waals surface area (Å²) in [6.45, 7) is 4.88. The maximum Gasteiger partial charge on any atom is 0.446 e. The van der Waals surface area contributed by atoms with Crippen molar-refractivity contribution in [2.75, 3.05) is 5.32 Å². The minimum absolute atomic E-state index is 0.0797. The van der Waals surface area contributed by atoms with Gasteiger partial charge < -0.3 is 19.7 Å². The summed E-state index contributed by atoms with van der Waals surface area (Å²) in [5.74, 6) is -0.420. The van der Waals surface area contributed by atoms with Crippen molar-refractivity contribution in [1.82, 2.24) is 0 Å². The Hall–Kier alpha value is -1.51. The predicted octanol–water partition coefficient (Wildman–Crippen LogP) is 1.28. The molecule has 0 unspecified atom stereocenters. The second-order valence-electron chi connectivity index (χ2n) is 4.98. The molecule has 0 saturated heterocycles. The van der Waals surface area contributed by atoms with Crippen LogP contribution in [0.2, 0.25) is 0 Å². The summed E-state index contributed by atoms with van der Waals surface area (Å²) in [5, 5.41) is 21.8. The Balaban J connectivity index is 3.38. The first kappa shape index (κ1) is 15.5. The number of aliphatic hydroxyl groups excluding tert-OH is 1. The maximum absolute atomic E-state index is 10.8. The van der Waals surface area contributed by atoms with E-state index in [0.29, 0.717) is 0 Å². The first-order valence-corrected chi connectivity index (χ1v) is 6.81. The molecule has 0 amide bonds. The number of aromatic hydroxyl groups is 1. The predicted molar refractivity (Wildman–Crippen MR) is 69.6 cm³/mol. The quantitative estimate of drug-likeness (QED) is 0.617. The average Bonchev–Trinajstić information content (AvgIpc) is 2.19. The van der Waals surface area contributed by atoms with Crippen LogP contribution in [0.5, 0.6) is 11.5 Å². The molecule has 0 aliphatic carbocycles. The zero-order valence-corrected chi connectivity index (χ0v) is 11.7. The van der Waals surface area contributed by atoms with Gasteiger partial charge in [0.1, 0.15) is 5.75 Å². The lowest BCUT2D eigenvalue weighted by Crippen LogP contribution is -2.27. The molecule has 1 aromatic rings. The van der Waals surface area contributed by atoms with Gasteiger partial charge in [-0.15, -0.1) is 0 Å². The van der Waals surface area contributed by atoms with Crippen molar-refractivity contribution in [3.05, 3.63) is 17.7 Å². The van der Waals surface area contributed by atoms with Crippen LogP contribution in [0.15, 0.2) is 12.1 Å². The number of anilines is 1. The topological polar surface area (TPSA) is 116 Å². The Bertz CT molecular complexity index is 561. The molecule has 1 aromatic carbocycles. The van der Waals surface area contributed by atoms with E-state index in [4.69, 9.17) is 4.55 Å². The third-order valence-corrected chi connectivity index (χ3v) is 2.49. The molecule has 0 aliphatic heterocycles. The molecule has 1 rings (SSSR count). The van der Waals surface area contributed by atoms with Crippen LogP contribution < -0.4 is 9.50 Å². The summed E-state index contributed by atoms with van der Waals surface area (Å²) in [6.07, 6.45) is 0. The third-order valence-electron chi connectivity index (χ3n) is 2.10. The van der Waals surface area contributed by atoms with Gasteiger partial charge in [-0.3, -0.25) is 4.55 Å². The fourth-order valence-electron chi connectivity index (χ4n) is 1.47. The number of hydrogen-bond acceptors (Lipinski definition) is 6. The number of rotatable bonds is 4. The Morgan fingerprint density at radius 3 is 2.32 bits per heavy atom. The molecular formula is C11H17NO6S. The van der Waals surface area contributed by atoms with Crippen molar-refractivity contribution in [1.29, 1.82) is 0 Å². The van der Waals surface area contributed by atoms with Gasteiger partial charge in [0, 0.05) is 11.1 Å². The molecular weight excluding hydrogens is 274 g/mol. The number of hydrogen-bond donors (Lipinski definition) is 4. The second-order valence-corrected chi connectivity index (χ2v) is 6.00. The van der Waals surface area contributed by atoms with Crippen molar-refractivity contribution in [2.24, 2.45) is 0 Å². The summed E-state index contributed by atoms with van der Waals surface area (Å²) in [4.78, 5) is 0. The van der Waals surface area contributed by atoms with Gasteiger partial charge in [-0.05, 0) is 32.9 Å². The summed E-state index contributed by atoms with van der Waals surface area (Å²) in [6, 6.07) is 2.34. The van der Waals surface area contributed by atoms with E-state index in [2.05, 4.69) is 9.50 Å². The van der Waals surface area contributed by atoms with Crippen LogP contribution in [0.3, 0.4) is 0 Å². The van der Waals surface area contributed by atoms with E-state index in [1.54, 1.807) is 20.8 Å². The van der Waals surface area contributed by atoms with Crippen molar-refractivity contribution in [3.8, 4) is 11.5 Å². The highest BCUT2D eigenvalue weighted by atomic mass is 32.3. The minimum Gasteiger partial charge on any atom is -0.507 e. The Morgan fingerprint density at radius 2 is 1.89 bits per heavy atom. The van der Waals surface area contributed by atoms with Crippen LogP contribution in [0.4, 0.5) is 5.69 Å². The van der Waals surface area contributed by atoms with Gasteiger partial charge >= 0.3 is 10.4 Å². The van der Waals surface area contributed by atoms with E-state index in [1.165, 1.54) is 12.1 Å². The van der Waals surface area contributed by atoms with Gasteiger partial charge in [-0.1, -0.05) is 0 Å². The van der Waals surface area contributed by atoms with Gasteiger partial charge in [0.2, 0.25) is 0 Å². The summed E-state index contributed by atoms with van der Waals surface area (Å²) in [7, 11) is -4.70. The lowest BCUT2D eigenvalue weighted by molar-refractivity contribution is 0.275. The number of phenols is 1. The molecule has 0 atom stereocenters. The van der Waals surface area contributed by atoms with Crippen molar-refractivity contribution < 1.29 is 27.4 Å². The Kier molecular flexibility index (Phi) is 4.28. The molecule has 108 valence electrons. The normalized spacial score (nSPS) is 12.3. The number of benzene rings is 1. The Morgan fingerprint density at radius 1 is 1.32 bits per heavy atom. The molecule has 0 fully saturated rings. The summed E-state index contributed by atoms with van der Waals surface area (Å²) >= 11 is 0. The van der Waals surface area contributed by atoms with Crippen molar-refractivity contribution >= 4 is 16.1 Å². The summed E-state index contributed by atoms with van der Waals surface area (Å²) in [5.41, 5.74) is -0.293. The zero-order valence-electron chi connectivity index (χ0n) is 10.8. The van der Waals surface area contributed by atoms with E-state index >= 15 is 0 Å². The van der Waals surface area contributed by atoms with E-state index in [0.717, 1.165) is 0 Å². The first-order valence-electron chi connectivity index (χ1n) is 5.44. The largest absolute Gasteiger partial charge is 0.507 e. The molecule has 0 bridgehead atoms. The van der Waals surface area contributed by atoms with Crippen LogP contribution in [0, 0.1) is 0 Å². The van der Waals surface area contributed by atoms with Gasteiger partial charge in [-0.2, -0.15) is 8.42 Å². The molecule has 0 heterocycles. The highest BCUT2D eigenvalue weighted by Crippen LogP contribution is 2.37. The van der Waals surface area contributed by atoms with Crippen LogP contribution in [0.25, 0.3) is 0 Å². The lowest BCUT2D eigenvalue weighted by atomic mass is 10.1. The second kappa shape index (κ2) is 5.24. The molecule has 0 aliphatic rings. The molecule has 19 heavy (non-hydrogen) atoms. The molecule has 0 spiro atoms. The molecule has 0 radical (unpaired) electrons. The maximum atomic E-state index is 10.8. The first-order chi connectivity index (χ1) is 8.53. The Labute approximate surface area is 111 Å². The lowest BCUT2D eigenvalue weighted by Gasteiger charge is -2.25. The van der Waals surface area contributed by atoms with Crippen molar-refractivity contribution in [3.63, 3.8) is 0 Å². The zero-order chi connectivity index (χ0) is 14.8. The van der Waals surface area contributed by atoms with E-state index in [-0.39, 0.29) is 22.7 Å². The molecule has 4 N–H and O–H groups in total. The molecule has 0 aromatic heterocycles. The highest BCUT2D eigenvalue weighted by molar-refractivity contribution is 7.81. The molecule has 7 nitrogen and oxygen atoms in total. The van der Waals surface area contributed by atoms with Crippen LogP contribution in [-0.2, 0) is 17.0 Å². The standard InChI is InChI=1S/C11H17NO6S/c1-11(2,3)12-10-7(6-13)8(14)4-5-9(10)18-19(15,16)17/h4-5,12-14H,6H2,1-3H3,(H,15,16,17). The average molecular weight is 291 g/mol. The van der Waals surface area contributed by atoms with Crippen molar-refractivity contribution in [2.45, 2.75) is 32.9 Å². The number of aliphatic hydroxyl groups is 1. The van der Waals surface area contributed by atoms with E-state index < -0.39 is 22.5 Å². The van der Waals surface area contributed by atoms with Crippen LogP contribution in [-0.4, -0.2) is 28.7 Å². The highest BCUT2D eigenvalue weighted by Gasteiger charge is 2.21. The van der Waals surface area contributed by atoms with Gasteiger partial charge in [0.15, 0.2) is 5.75 Å². The monoisotopic (exact) mass is 291 g/mol. The SMILES string of the molecule is CC(C)(C)Nc1c(OS(=O)(=O)O)ccc(O)c1CO. The van der Waals surface area contributed by atoms with Crippen LogP contribution >= 0.6 is 0 Å². The minimum atomic E-state index is -4.70. The van der Waals surface area contributed by atoms with Gasteiger partial charge in [0.05, 0.1) is 12.3 Å². The summed E-state index contributed by atoms with van der Waals surface area (Å²) < 4.78 is 34.7. The smallest absolute Gasteiger partial charge is 0.446 e. The fourth-order valence-corrected chi connectivity index (χ4v) is 1.84. The van der Waals surface area contributed by atoms with E-state index in [9.17, 15) is 18.6 Å². The molecule has 8 heteroatoms. The van der Waals surface area contributed by atoms with Crippen LogP contribution in [0.1, 0.15) is 26.3 Å². The third kappa shape index (κ3) is 4.58.